The van der Waals surface area contributed by atoms with Gasteiger partial charge in [0.25, 0.3) is 0 Å². The topological polar surface area (TPSA) is 66.8 Å². The minimum Gasteiger partial charge on any atom is -0.301 e. The average Bonchev–Trinajstić information content (AvgIpc) is 1.95. The highest BCUT2D eigenvalue weighted by atomic mass is 32.3. The molecule has 0 aliphatic heterocycles. The highest BCUT2D eigenvalue weighted by molar-refractivity contribution is 7.80. The van der Waals surface area contributed by atoms with Gasteiger partial charge in [0, 0.05) is 6.54 Å². The molecule has 1 N–H and O–H groups in total. The first-order chi connectivity index (χ1) is 6.20. The molecule has 0 saturated carbocycles. The maximum Gasteiger partial charge on any atom is 0.397 e. The number of hydrogen-bond donors (Lipinski definition) is 1. The molecule has 6 heteroatoms. The van der Waals surface area contributed by atoms with Crippen molar-refractivity contribution in [1.29, 1.82) is 0 Å². The molecule has 0 unspecified atom stereocenters. The van der Waals surface area contributed by atoms with Gasteiger partial charge in [0.15, 0.2) is 0 Å². The largest absolute Gasteiger partial charge is 0.397 e. The molecule has 0 aliphatic rings. The van der Waals surface area contributed by atoms with Crippen LogP contribution in [0.25, 0.3) is 0 Å². The Labute approximate surface area is 86.0 Å². The summed E-state index contributed by atoms with van der Waals surface area (Å²) in [7, 11) is -4.37. The van der Waals surface area contributed by atoms with E-state index in [-0.39, 0.29) is 0 Å². The van der Waals surface area contributed by atoms with Crippen molar-refractivity contribution in [3.8, 4) is 0 Å². The van der Waals surface area contributed by atoms with Crippen LogP contribution in [0.15, 0.2) is 0 Å². The van der Waals surface area contributed by atoms with E-state index >= 15 is 0 Å². The van der Waals surface area contributed by atoms with Crippen molar-refractivity contribution in [1.82, 2.24) is 4.90 Å². The third kappa shape index (κ3) is 6.31. The normalized spacial score (nSPS) is 13.6. The smallest absolute Gasteiger partial charge is 0.301 e. The fourth-order valence-corrected chi connectivity index (χ4v) is 1.92. The fourth-order valence-electron chi connectivity index (χ4n) is 1.30. The van der Waals surface area contributed by atoms with Crippen molar-refractivity contribution in [2.24, 2.45) is 0 Å². The molecule has 0 aromatic rings. The van der Waals surface area contributed by atoms with Gasteiger partial charge in [-0.2, -0.15) is 8.42 Å². The van der Waals surface area contributed by atoms with Crippen molar-refractivity contribution in [3.05, 3.63) is 0 Å². The zero-order chi connectivity index (χ0) is 11.4. The van der Waals surface area contributed by atoms with Crippen molar-refractivity contribution in [2.45, 2.75) is 33.3 Å². The molecule has 14 heavy (non-hydrogen) atoms. The number of hydrogen-bond acceptors (Lipinski definition) is 4. The predicted octanol–water partition coefficient (Wildman–Crippen LogP) is 0.926. The molecular weight excluding hydrogens is 206 g/mol. The lowest BCUT2D eigenvalue weighted by atomic mass is 10.1. The second kappa shape index (κ2) is 5.06. The van der Waals surface area contributed by atoms with Crippen LogP contribution in [-0.2, 0) is 14.6 Å². The van der Waals surface area contributed by atoms with E-state index in [9.17, 15) is 8.42 Å². The van der Waals surface area contributed by atoms with E-state index in [1.54, 1.807) is 13.8 Å². The molecule has 0 heterocycles. The predicted molar refractivity (Wildman–Crippen MR) is 54.5 cm³/mol. The summed E-state index contributed by atoms with van der Waals surface area (Å²) in [6.45, 7) is 9.29. The van der Waals surface area contributed by atoms with E-state index in [4.69, 9.17) is 4.55 Å². The molecule has 0 radical (unpaired) electrons. The summed E-state index contributed by atoms with van der Waals surface area (Å²) in [5, 5.41) is 0. The summed E-state index contributed by atoms with van der Waals surface area (Å²) in [5.74, 6) is 0. The van der Waals surface area contributed by atoms with E-state index in [0.29, 0.717) is 6.54 Å². The monoisotopic (exact) mass is 225 g/mol. The summed E-state index contributed by atoms with van der Waals surface area (Å²) in [6.07, 6.45) is 0. The van der Waals surface area contributed by atoms with E-state index < -0.39 is 16.0 Å². The summed E-state index contributed by atoms with van der Waals surface area (Å²) in [6, 6.07) is 0. The maximum atomic E-state index is 10.5. The SMILES string of the molecule is CCN(CC)CC(C)(C)OS(=O)(=O)O. The standard InChI is InChI=1S/C8H19NO4S/c1-5-9(6-2)7-8(3,4)13-14(10,11)12/h5-7H2,1-4H3,(H,10,11,12). The first-order valence-corrected chi connectivity index (χ1v) is 5.97. The Morgan fingerprint density at radius 2 is 1.71 bits per heavy atom. The first-order valence-electron chi connectivity index (χ1n) is 4.60. The molecule has 0 fully saturated rings. The van der Waals surface area contributed by atoms with Gasteiger partial charge < -0.3 is 4.90 Å². The molecule has 0 aliphatic carbocycles. The molecule has 86 valence electrons. The Morgan fingerprint density at radius 3 is 2.00 bits per heavy atom. The lowest BCUT2D eigenvalue weighted by Crippen LogP contribution is -2.41. The minimum absolute atomic E-state index is 0.458. The molecule has 0 aromatic heterocycles. The van der Waals surface area contributed by atoms with Crippen LogP contribution in [0.1, 0.15) is 27.7 Å². The molecule has 0 spiro atoms. The van der Waals surface area contributed by atoms with E-state index in [1.165, 1.54) is 0 Å². The van der Waals surface area contributed by atoms with Gasteiger partial charge in [0.2, 0.25) is 0 Å². The van der Waals surface area contributed by atoms with E-state index in [0.717, 1.165) is 13.1 Å². The van der Waals surface area contributed by atoms with Crippen LogP contribution >= 0.6 is 0 Å². The minimum atomic E-state index is -4.37. The Bertz CT molecular complexity index is 257. The molecule has 0 atom stereocenters. The Hall–Kier alpha value is -0.170. The lowest BCUT2D eigenvalue weighted by Gasteiger charge is -2.29. The zero-order valence-electron chi connectivity index (χ0n) is 9.15. The first kappa shape index (κ1) is 13.8. The van der Waals surface area contributed by atoms with Gasteiger partial charge >= 0.3 is 10.4 Å². The van der Waals surface area contributed by atoms with Crippen LogP contribution in [0.4, 0.5) is 0 Å². The fraction of sp³-hybridized carbons (Fsp3) is 1.00. The Balaban J connectivity index is 4.33. The van der Waals surface area contributed by atoms with Gasteiger partial charge in [-0.05, 0) is 26.9 Å². The van der Waals surface area contributed by atoms with Crippen LogP contribution in [0.2, 0.25) is 0 Å². The summed E-state index contributed by atoms with van der Waals surface area (Å²) in [5.41, 5.74) is -0.903. The van der Waals surface area contributed by atoms with Gasteiger partial charge in [-0.15, -0.1) is 0 Å². The lowest BCUT2D eigenvalue weighted by molar-refractivity contribution is 0.0580. The molecule has 0 amide bonds. The zero-order valence-corrected chi connectivity index (χ0v) is 9.97. The quantitative estimate of drug-likeness (QED) is 0.681. The van der Waals surface area contributed by atoms with E-state index in [1.807, 2.05) is 18.7 Å². The summed E-state index contributed by atoms with van der Waals surface area (Å²) < 4.78 is 34.1. The second-order valence-electron chi connectivity index (χ2n) is 3.73. The summed E-state index contributed by atoms with van der Waals surface area (Å²) in [4.78, 5) is 2.02. The number of nitrogens with zero attached hydrogens (tertiary/aromatic N) is 1. The number of rotatable bonds is 6. The van der Waals surface area contributed by atoms with Gasteiger partial charge in [0.1, 0.15) is 0 Å². The van der Waals surface area contributed by atoms with Gasteiger partial charge in [0.05, 0.1) is 5.60 Å². The van der Waals surface area contributed by atoms with Crippen LogP contribution < -0.4 is 0 Å². The third-order valence-corrected chi connectivity index (χ3v) is 2.49. The van der Waals surface area contributed by atoms with E-state index in [2.05, 4.69) is 4.18 Å². The van der Waals surface area contributed by atoms with Crippen LogP contribution in [-0.4, -0.2) is 43.1 Å². The van der Waals surface area contributed by atoms with Gasteiger partial charge in [-0.1, -0.05) is 13.8 Å². The maximum absolute atomic E-state index is 10.5. The molecule has 0 aromatic carbocycles. The second-order valence-corrected chi connectivity index (χ2v) is 4.75. The van der Waals surface area contributed by atoms with Gasteiger partial charge in [-0.25, -0.2) is 4.18 Å². The highest BCUT2D eigenvalue weighted by Gasteiger charge is 2.27. The van der Waals surface area contributed by atoms with Crippen molar-refractivity contribution < 1.29 is 17.2 Å². The van der Waals surface area contributed by atoms with Crippen LogP contribution in [0.3, 0.4) is 0 Å². The molecule has 0 bridgehead atoms. The Morgan fingerprint density at radius 1 is 1.29 bits per heavy atom. The van der Waals surface area contributed by atoms with Crippen molar-refractivity contribution in [3.63, 3.8) is 0 Å². The van der Waals surface area contributed by atoms with Gasteiger partial charge in [-0.3, -0.25) is 4.55 Å². The van der Waals surface area contributed by atoms with Crippen molar-refractivity contribution in [2.75, 3.05) is 19.6 Å². The summed E-state index contributed by atoms with van der Waals surface area (Å²) >= 11 is 0. The van der Waals surface area contributed by atoms with Crippen molar-refractivity contribution >= 4 is 10.4 Å². The Kier molecular flexibility index (Phi) is 5.00. The average molecular weight is 225 g/mol. The van der Waals surface area contributed by atoms with Crippen LogP contribution in [0, 0.1) is 0 Å². The van der Waals surface area contributed by atoms with Crippen LogP contribution in [0.5, 0.6) is 0 Å². The third-order valence-electron chi connectivity index (χ3n) is 1.83. The molecule has 5 nitrogen and oxygen atoms in total. The number of likely N-dealkylation sites (N-methyl/N-ethyl adjacent to an activating group) is 1. The molecule has 0 rings (SSSR count). The molecule has 0 saturated heterocycles. The highest BCUT2D eigenvalue weighted by Crippen LogP contribution is 2.14. The molecular formula is C8H19NO4S.